The Kier molecular flexibility index (Phi) is 2.89. The number of nitrogens with one attached hydrogen (secondary N) is 1. The van der Waals surface area contributed by atoms with E-state index in [0.29, 0.717) is 0 Å². The van der Waals surface area contributed by atoms with Gasteiger partial charge in [-0.25, -0.2) is 0 Å². The van der Waals surface area contributed by atoms with Crippen LogP contribution in [0.25, 0.3) is 33.4 Å². The van der Waals surface area contributed by atoms with Gasteiger partial charge in [0.15, 0.2) is 0 Å². The summed E-state index contributed by atoms with van der Waals surface area (Å²) in [5.41, 5.74) is 15.7. The molecule has 5 aromatic carbocycles. The number of hydrogen-bond donors (Lipinski definition) is 1. The van der Waals surface area contributed by atoms with Crippen molar-refractivity contribution in [1.29, 1.82) is 0 Å². The Morgan fingerprint density at radius 3 is 1.62 bits per heavy atom. The van der Waals surface area contributed by atoms with Gasteiger partial charge in [0.25, 0.3) is 0 Å². The zero-order valence-electron chi connectivity index (χ0n) is 17.4. The average Bonchev–Trinajstić information content (AvgIpc) is 3.26. The zero-order chi connectivity index (χ0) is 20.9. The van der Waals surface area contributed by atoms with Gasteiger partial charge >= 0.3 is 0 Å². The Morgan fingerprint density at radius 1 is 0.375 bits per heavy atom. The van der Waals surface area contributed by atoms with Crippen molar-refractivity contribution in [2.45, 2.75) is 5.41 Å². The molecular weight excluding hydrogens is 386 g/mol. The Bertz CT molecular complexity index is 1560. The van der Waals surface area contributed by atoms with Gasteiger partial charge in [0.1, 0.15) is 0 Å². The van der Waals surface area contributed by atoms with Crippen molar-refractivity contribution in [3.05, 3.63) is 131 Å². The van der Waals surface area contributed by atoms with Crippen LogP contribution in [0.4, 0.5) is 11.4 Å². The van der Waals surface area contributed by atoms with Crippen LogP contribution in [0, 0.1) is 0 Å². The monoisotopic (exact) mass is 405 g/mol. The predicted octanol–water partition coefficient (Wildman–Crippen LogP) is 7.75. The maximum absolute atomic E-state index is 3.78. The third-order valence-corrected chi connectivity index (χ3v) is 7.63. The molecule has 0 saturated carbocycles. The largest absolute Gasteiger partial charge is 0.355 e. The average molecular weight is 406 g/mol. The highest BCUT2D eigenvalue weighted by molar-refractivity contribution is 6.07. The molecule has 3 aliphatic rings. The van der Waals surface area contributed by atoms with E-state index < -0.39 is 0 Å². The van der Waals surface area contributed by atoms with E-state index in [1.54, 1.807) is 0 Å². The predicted molar refractivity (Wildman–Crippen MR) is 131 cm³/mol. The molecule has 1 N–H and O–H groups in total. The molecule has 1 spiro atoms. The lowest BCUT2D eigenvalue weighted by atomic mass is 9.70. The molecular formula is C31H19N. The van der Waals surface area contributed by atoms with Crippen molar-refractivity contribution in [2.24, 2.45) is 0 Å². The summed E-state index contributed by atoms with van der Waals surface area (Å²) in [4.78, 5) is 0. The van der Waals surface area contributed by atoms with Crippen LogP contribution in [-0.2, 0) is 5.41 Å². The van der Waals surface area contributed by atoms with Crippen LogP contribution in [0.1, 0.15) is 22.3 Å². The normalized spacial score (nSPS) is 14.8. The van der Waals surface area contributed by atoms with Crippen LogP contribution in [0.5, 0.6) is 0 Å². The lowest BCUT2D eigenvalue weighted by Crippen LogP contribution is -2.25. The third-order valence-electron chi connectivity index (χ3n) is 7.63. The summed E-state index contributed by atoms with van der Waals surface area (Å²) >= 11 is 0. The topological polar surface area (TPSA) is 12.0 Å². The van der Waals surface area contributed by atoms with Gasteiger partial charge in [-0.3, -0.25) is 0 Å². The van der Waals surface area contributed by atoms with E-state index in [9.17, 15) is 0 Å². The van der Waals surface area contributed by atoms with E-state index in [1.807, 2.05) is 0 Å². The fourth-order valence-electron chi connectivity index (χ4n) is 6.53. The van der Waals surface area contributed by atoms with Gasteiger partial charge < -0.3 is 5.32 Å². The molecule has 1 nitrogen and oxygen atoms in total. The van der Waals surface area contributed by atoms with Crippen molar-refractivity contribution >= 4 is 11.4 Å². The summed E-state index contributed by atoms with van der Waals surface area (Å²) in [6, 6.07) is 40.3. The van der Waals surface area contributed by atoms with E-state index in [2.05, 4.69) is 115 Å². The van der Waals surface area contributed by atoms with E-state index in [1.165, 1.54) is 67.0 Å². The van der Waals surface area contributed by atoms with Crippen molar-refractivity contribution < 1.29 is 0 Å². The minimum atomic E-state index is -0.280. The lowest BCUT2D eigenvalue weighted by molar-refractivity contribution is 0.794. The molecule has 148 valence electrons. The molecule has 1 aliphatic heterocycles. The highest BCUT2D eigenvalue weighted by Crippen LogP contribution is 2.66. The van der Waals surface area contributed by atoms with Gasteiger partial charge in [0, 0.05) is 22.5 Å². The number of rotatable bonds is 0. The molecule has 0 unspecified atom stereocenters. The van der Waals surface area contributed by atoms with Crippen LogP contribution in [0.2, 0.25) is 0 Å². The first kappa shape index (κ1) is 16.6. The van der Waals surface area contributed by atoms with Gasteiger partial charge in [-0.15, -0.1) is 0 Å². The van der Waals surface area contributed by atoms with Crippen molar-refractivity contribution in [1.82, 2.24) is 0 Å². The molecule has 0 amide bonds. The maximum Gasteiger partial charge on any atom is 0.0726 e. The molecule has 0 atom stereocenters. The Labute approximate surface area is 187 Å². The van der Waals surface area contributed by atoms with E-state index in [-0.39, 0.29) is 5.41 Å². The number of benzene rings is 5. The molecule has 0 fully saturated rings. The van der Waals surface area contributed by atoms with Crippen molar-refractivity contribution in [3.63, 3.8) is 0 Å². The van der Waals surface area contributed by atoms with Gasteiger partial charge in [-0.2, -0.15) is 0 Å². The fourth-order valence-corrected chi connectivity index (χ4v) is 6.53. The van der Waals surface area contributed by atoms with Crippen LogP contribution < -0.4 is 5.32 Å². The van der Waals surface area contributed by atoms with Gasteiger partial charge in [-0.1, -0.05) is 97.1 Å². The van der Waals surface area contributed by atoms with Crippen LogP contribution in [-0.4, -0.2) is 0 Å². The second-order valence-corrected chi connectivity index (χ2v) is 8.97. The van der Waals surface area contributed by atoms with Crippen molar-refractivity contribution in [3.8, 4) is 33.4 Å². The third kappa shape index (κ3) is 1.71. The minimum absolute atomic E-state index is 0.280. The summed E-state index contributed by atoms with van der Waals surface area (Å²) in [5.74, 6) is 0. The van der Waals surface area contributed by atoms with E-state index in [0.717, 1.165) is 0 Å². The number of hydrogen-bond acceptors (Lipinski definition) is 1. The highest BCUT2D eigenvalue weighted by atomic mass is 14.9. The maximum atomic E-state index is 3.78. The Hall–Kier alpha value is -4.10. The van der Waals surface area contributed by atoms with E-state index in [4.69, 9.17) is 0 Å². The summed E-state index contributed by atoms with van der Waals surface area (Å²) in [5, 5.41) is 3.78. The number of anilines is 2. The van der Waals surface area contributed by atoms with Gasteiger partial charge in [0.05, 0.1) is 5.41 Å². The minimum Gasteiger partial charge on any atom is -0.355 e. The second kappa shape index (κ2) is 5.57. The molecule has 1 heteroatoms. The van der Waals surface area contributed by atoms with Gasteiger partial charge in [0.2, 0.25) is 0 Å². The lowest BCUT2D eigenvalue weighted by Gasteiger charge is -2.31. The summed E-state index contributed by atoms with van der Waals surface area (Å²) in [6.07, 6.45) is 0. The molecule has 32 heavy (non-hydrogen) atoms. The first-order valence-corrected chi connectivity index (χ1v) is 11.2. The van der Waals surface area contributed by atoms with Crippen LogP contribution >= 0.6 is 0 Å². The van der Waals surface area contributed by atoms with Gasteiger partial charge in [-0.05, 0) is 56.6 Å². The quantitative estimate of drug-likeness (QED) is 0.272. The molecule has 2 aliphatic carbocycles. The highest BCUT2D eigenvalue weighted by Gasteiger charge is 2.53. The van der Waals surface area contributed by atoms with Crippen LogP contribution in [0.3, 0.4) is 0 Å². The first-order valence-electron chi connectivity index (χ1n) is 11.2. The van der Waals surface area contributed by atoms with E-state index >= 15 is 0 Å². The number of fused-ring (bicyclic) bond motifs is 9. The molecule has 0 bridgehead atoms. The zero-order valence-corrected chi connectivity index (χ0v) is 17.4. The number of para-hydroxylation sites is 1. The standard InChI is InChI=1S/C31H19N/c1-4-13-23-19(9-1)20-10-2-5-14-24(20)31(23)25-15-7-12-22-21-11-3-6-17-27(21)32-28-18-8-16-26(31)30(28)29(22)25/h1-18,32H. The SMILES string of the molecule is c1ccc2c(c1)Nc1cccc3c1-c1c-2cccc1C31c2ccccc2-c2ccccc21. The Balaban J connectivity index is 1.63. The summed E-state index contributed by atoms with van der Waals surface area (Å²) in [6.45, 7) is 0. The Morgan fingerprint density at radius 2 is 0.875 bits per heavy atom. The fraction of sp³-hybridized carbons (Fsp3) is 0.0323. The molecule has 0 saturated heterocycles. The molecule has 8 rings (SSSR count). The van der Waals surface area contributed by atoms with Crippen molar-refractivity contribution in [2.75, 3.05) is 5.32 Å². The molecule has 1 heterocycles. The van der Waals surface area contributed by atoms with Crippen LogP contribution in [0.15, 0.2) is 109 Å². The molecule has 0 aromatic heterocycles. The second-order valence-electron chi connectivity index (χ2n) is 8.97. The molecule has 0 radical (unpaired) electrons. The summed E-state index contributed by atoms with van der Waals surface area (Å²) < 4.78 is 0. The summed E-state index contributed by atoms with van der Waals surface area (Å²) in [7, 11) is 0. The first-order chi connectivity index (χ1) is 15.9. The molecule has 5 aromatic rings. The smallest absolute Gasteiger partial charge is 0.0726 e.